The van der Waals surface area contributed by atoms with Gasteiger partial charge in [-0.2, -0.15) is 4.31 Å². The number of sulfonamides is 1. The molecule has 1 saturated heterocycles. The minimum Gasteiger partial charge on any atom is -0.322 e. The normalized spacial score (nSPS) is 18.3. The number of hydrogen-bond donors (Lipinski definition) is 1. The van der Waals surface area contributed by atoms with Crippen LogP contribution in [-0.2, 0) is 10.0 Å². The first kappa shape index (κ1) is 19.8. The Morgan fingerprint density at radius 1 is 1.26 bits per heavy atom. The summed E-state index contributed by atoms with van der Waals surface area (Å²) >= 11 is 6.13. The number of anilines is 1. The number of nitrogens with zero attached hydrogens (tertiary/aromatic N) is 1. The average Bonchev–Trinajstić information content (AvgIpc) is 2.62. The molecule has 1 N–H and O–H groups in total. The maximum Gasteiger partial charge on any atom is 0.255 e. The lowest BCUT2D eigenvalue weighted by molar-refractivity contribution is 0.102. The number of carbonyl (C=O) groups is 1. The Hall–Kier alpha value is -1.96. The van der Waals surface area contributed by atoms with Crippen LogP contribution in [0.15, 0.2) is 47.4 Å². The van der Waals surface area contributed by atoms with Crippen molar-refractivity contribution < 1.29 is 17.6 Å². The van der Waals surface area contributed by atoms with E-state index in [2.05, 4.69) is 5.32 Å². The number of halogens is 2. The van der Waals surface area contributed by atoms with E-state index in [1.54, 1.807) is 6.07 Å². The highest BCUT2D eigenvalue weighted by Gasteiger charge is 2.30. The molecule has 0 bridgehead atoms. The minimum absolute atomic E-state index is 0.0653. The summed E-state index contributed by atoms with van der Waals surface area (Å²) in [6.45, 7) is 2.87. The zero-order chi connectivity index (χ0) is 19.6. The van der Waals surface area contributed by atoms with E-state index in [-0.39, 0.29) is 27.1 Å². The largest absolute Gasteiger partial charge is 0.322 e. The van der Waals surface area contributed by atoms with Crippen molar-refractivity contribution in [2.24, 2.45) is 5.92 Å². The highest BCUT2D eigenvalue weighted by Crippen LogP contribution is 2.29. The van der Waals surface area contributed by atoms with Crippen molar-refractivity contribution in [1.29, 1.82) is 0 Å². The Morgan fingerprint density at radius 3 is 2.74 bits per heavy atom. The lowest BCUT2D eigenvalue weighted by atomic mass is 10.0. The average molecular weight is 411 g/mol. The molecule has 0 aromatic heterocycles. The molecule has 0 saturated carbocycles. The highest BCUT2D eigenvalue weighted by molar-refractivity contribution is 7.89. The van der Waals surface area contributed by atoms with Crippen molar-refractivity contribution in [2.45, 2.75) is 24.7 Å². The first-order valence-corrected chi connectivity index (χ1v) is 10.5. The van der Waals surface area contributed by atoms with E-state index in [0.29, 0.717) is 13.1 Å². The predicted octanol–water partition coefficient (Wildman–Crippen LogP) is 4.15. The molecule has 5 nitrogen and oxygen atoms in total. The van der Waals surface area contributed by atoms with Crippen molar-refractivity contribution in [3.05, 3.63) is 58.9 Å². The van der Waals surface area contributed by atoms with E-state index in [1.165, 1.54) is 40.7 Å². The predicted molar refractivity (Wildman–Crippen MR) is 103 cm³/mol. The Balaban J connectivity index is 1.88. The third-order valence-corrected chi connectivity index (χ3v) is 6.86. The summed E-state index contributed by atoms with van der Waals surface area (Å²) in [5, 5.41) is 2.62. The smallest absolute Gasteiger partial charge is 0.255 e. The highest BCUT2D eigenvalue weighted by atomic mass is 35.5. The Morgan fingerprint density at radius 2 is 2.04 bits per heavy atom. The molecule has 144 valence electrons. The van der Waals surface area contributed by atoms with E-state index in [9.17, 15) is 17.6 Å². The third kappa shape index (κ3) is 4.48. The van der Waals surface area contributed by atoms with E-state index < -0.39 is 21.7 Å². The lowest BCUT2D eigenvalue weighted by Crippen LogP contribution is -2.39. The topological polar surface area (TPSA) is 66.5 Å². The monoisotopic (exact) mass is 410 g/mol. The van der Waals surface area contributed by atoms with Crippen molar-refractivity contribution in [3.8, 4) is 0 Å². The second-order valence-corrected chi connectivity index (χ2v) is 9.03. The van der Waals surface area contributed by atoms with Crippen LogP contribution in [-0.4, -0.2) is 31.7 Å². The summed E-state index contributed by atoms with van der Waals surface area (Å²) < 4.78 is 40.7. The number of hydrogen-bond acceptors (Lipinski definition) is 3. The van der Waals surface area contributed by atoms with E-state index in [0.717, 1.165) is 12.8 Å². The van der Waals surface area contributed by atoms with Crippen LogP contribution in [0.25, 0.3) is 0 Å². The van der Waals surface area contributed by atoms with E-state index in [1.807, 2.05) is 6.92 Å². The van der Waals surface area contributed by atoms with Crippen LogP contribution >= 0.6 is 11.6 Å². The molecule has 0 aliphatic carbocycles. The number of nitrogens with one attached hydrogen (secondary N) is 1. The maximum absolute atomic E-state index is 13.3. The Kier molecular flexibility index (Phi) is 5.83. The van der Waals surface area contributed by atoms with Gasteiger partial charge >= 0.3 is 0 Å². The SMILES string of the molecule is CC1CCCN(S(=O)(=O)c2cc(C(=O)Nc3cccc(F)c3)ccc2Cl)C1. The van der Waals surface area contributed by atoms with Gasteiger partial charge in [0.2, 0.25) is 10.0 Å². The van der Waals surface area contributed by atoms with Gasteiger partial charge in [-0.3, -0.25) is 4.79 Å². The van der Waals surface area contributed by atoms with Gasteiger partial charge in [0.1, 0.15) is 10.7 Å². The molecule has 1 aliphatic rings. The number of carbonyl (C=O) groups excluding carboxylic acids is 1. The standard InChI is InChI=1S/C19H20ClFN2O3S/c1-13-4-3-9-23(12-13)27(25,26)18-10-14(7-8-17(18)20)19(24)22-16-6-2-5-15(21)11-16/h2,5-8,10-11,13H,3-4,9,12H2,1H3,(H,22,24). The van der Waals surface area contributed by atoms with Gasteiger partial charge < -0.3 is 5.32 Å². The van der Waals surface area contributed by atoms with Gasteiger partial charge in [0.05, 0.1) is 5.02 Å². The number of piperidine rings is 1. The van der Waals surface area contributed by atoms with Crippen molar-refractivity contribution in [1.82, 2.24) is 4.31 Å². The molecule has 0 radical (unpaired) electrons. The number of rotatable bonds is 4. The molecule has 0 spiro atoms. The molecular weight excluding hydrogens is 391 g/mol. The molecule has 1 atom stereocenters. The van der Waals surface area contributed by atoms with Gasteiger partial charge in [-0.1, -0.05) is 24.6 Å². The van der Waals surface area contributed by atoms with E-state index in [4.69, 9.17) is 11.6 Å². The van der Waals surface area contributed by atoms with Crippen molar-refractivity contribution >= 4 is 33.2 Å². The van der Waals surface area contributed by atoms with Gasteiger partial charge in [-0.15, -0.1) is 0 Å². The fourth-order valence-corrected chi connectivity index (χ4v) is 5.21. The summed E-state index contributed by atoms with van der Waals surface area (Å²) in [5.74, 6) is -0.751. The van der Waals surface area contributed by atoms with Gasteiger partial charge in [-0.25, -0.2) is 12.8 Å². The third-order valence-electron chi connectivity index (χ3n) is 4.51. The zero-order valence-corrected chi connectivity index (χ0v) is 16.4. The van der Waals surface area contributed by atoms with Crippen LogP contribution in [0.2, 0.25) is 5.02 Å². The molecule has 2 aromatic rings. The van der Waals surface area contributed by atoms with Crippen LogP contribution < -0.4 is 5.32 Å². The van der Waals surface area contributed by atoms with Crippen LogP contribution in [0.4, 0.5) is 10.1 Å². The minimum atomic E-state index is -3.80. The lowest BCUT2D eigenvalue weighted by Gasteiger charge is -2.30. The van der Waals surface area contributed by atoms with Crippen LogP contribution in [0, 0.1) is 11.7 Å². The van der Waals surface area contributed by atoms with Gasteiger partial charge in [-0.05, 0) is 55.2 Å². The second-order valence-electron chi connectivity index (χ2n) is 6.72. The van der Waals surface area contributed by atoms with Gasteiger partial charge in [0.25, 0.3) is 5.91 Å². The number of amides is 1. The van der Waals surface area contributed by atoms with E-state index >= 15 is 0 Å². The van der Waals surface area contributed by atoms with Gasteiger partial charge in [0.15, 0.2) is 0 Å². The van der Waals surface area contributed by atoms with Gasteiger partial charge in [0, 0.05) is 24.3 Å². The molecular formula is C19H20ClFN2O3S. The maximum atomic E-state index is 13.3. The molecule has 1 aliphatic heterocycles. The molecule has 8 heteroatoms. The summed E-state index contributed by atoms with van der Waals surface area (Å²) in [6.07, 6.45) is 1.77. The Bertz CT molecular complexity index is 965. The summed E-state index contributed by atoms with van der Waals surface area (Å²) in [6, 6.07) is 9.56. The number of benzene rings is 2. The Labute approximate surface area is 163 Å². The quantitative estimate of drug-likeness (QED) is 0.823. The van der Waals surface area contributed by atoms with Crippen LogP contribution in [0.5, 0.6) is 0 Å². The molecule has 1 fully saturated rings. The fourth-order valence-electron chi connectivity index (χ4n) is 3.12. The molecule has 1 amide bonds. The summed E-state index contributed by atoms with van der Waals surface area (Å²) in [4.78, 5) is 12.4. The fraction of sp³-hybridized carbons (Fsp3) is 0.316. The first-order valence-electron chi connectivity index (χ1n) is 8.64. The molecule has 1 heterocycles. The molecule has 1 unspecified atom stereocenters. The zero-order valence-electron chi connectivity index (χ0n) is 14.8. The first-order chi connectivity index (χ1) is 12.8. The van der Waals surface area contributed by atoms with Crippen LogP contribution in [0.1, 0.15) is 30.1 Å². The summed E-state index contributed by atoms with van der Waals surface area (Å²) in [7, 11) is -3.80. The van der Waals surface area contributed by atoms with Crippen molar-refractivity contribution in [2.75, 3.05) is 18.4 Å². The van der Waals surface area contributed by atoms with Crippen LogP contribution in [0.3, 0.4) is 0 Å². The van der Waals surface area contributed by atoms with Crippen molar-refractivity contribution in [3.63, 3.8) is 0 Å². The molecule has 2 aromatic carbocycles. The molecule has 27 heavy (non-hydrogen) atoms. The summed E-state index contributed by atoms with van der Waals surface area (Å²) in [5.41, 5.74) is 0.413. The molecule has 3 rings (SSSR count). The second kappa shape index (κ2) is 7.96.